The molecule has 1 rings (SSSR count). The molecule has 0 aromatic heterocycles. The van der Waals surface area contributed by atoms with Crippen LogP contribution in [0.15, 0.2) is 0 Å². The van der Waals surface area contributed by atoms with E-state index in [9.17, 15) is 14.1 Å². The maximum Gasteiger partial charge on any atom is 0.428 e. The smallest absolute Gasteiger partial charge is 0.273 e. The van der Waals surface area contributed by atoms with Gasteiger partial charge in [0.25, 0.3) is 0 Å². The van der Waals surface area contributed by atoms with Gasteiger partial charge in [-0.15, -0.1) is 0 Å². The van der Waals surface area contributed by atoms with Gasteiger partial charge in [-0.1, -0.05) is 12.8 Å². The zero-order valence-electron chi connectivity index (χ0n) is 6.58. The second-order valence-corrected chi connectivity index (χ2v) is 3.47. The average molecular weight is 247 g/mol. The summed E-state index contributed by atoms with van der Waals surface area (Å²) in [5, 5.41) is 0. The van der Waals surface area contributed by atoms with Crippen LogP contribution in [0, 0.1) is 0 Å². The van der Waals surface area contributed by atoms with Gasteiger partial charge in [-0.2, -0.15) is 8.42 Å². The fourth-order valence-corrected chi connectivity index (χ4v) is 0.765. The minimum Gasteiger partial charge on any atom is -0.273 e. The average Bonchev–Trinajstić information content (AvgIpc) is 2.36. The Morgan fingerprint density at radius 2 is 1.64 bits per heavy atom. The van der Waals surface area contributed by atoms with Crippen LogP contribution >= 0.6 is 12.8 Å². The maximum atomic E-state index is 10.4. The zero-order chi connectivity index (χ0) is 11.4. The number of nitrogens with zero attached hydrogens (tertiary/aromatic N) is 1. The summed E-state index contributed by atoms with van der Waals surface area (Å²) < 4.78 is 38.1. The molecule has 82 valence electrons. The highest BCUT2D eigenvalue weighted by molar-refractivity contribution is 7.80. The van der Waals surface area contributed by atoms with Gasteiger partial charge in [0.05, 0.1) is 0 Å². The lowest BCUT2D eigenvalue weighted by Gasteiger charge is -1.99. The predicted octanol–water partition coefficient (Wildman–Crippen LogP) is -0.329. The number of hydrogen-bond acceptors (Lipinski definition) is 6. The monoisotopic (exact) mass is 247 g/mol. The zero-order valence-corrected chi connectivity index (χ0v) is 8.29. The number of amides is 2. The molecule has 1 heterocycles. The van der Waals surface area contributed by atoms with Gasteiger partial charge in [-0.05, 0) is 8.91 Å². The van der Waals surface area contributed by atoms with Gasteiger partial charge in [0.15, 0.2) is 0 Å². The van der Waals surface area contributed by atoms with Gasteiger partial charge >= 0.3 is 10.4 Å². The van der Waals surface area contributed by atoms with Gasteiger partial charge in [-0.25, -0.2) is 4.31 Å². The van der Waals surface area contributed by atoms with E-state index in [-0.39, 0.29) is 11.8 Å². The van der Waals surface area contributed by atoms with Crippen LogP contribution in [0.5, 0.6) is 0 Å². The highest BCUT2D eigenvalue weighted by Crippen LogP contribution is 2.12. The predicted molar refractivity (Wildman–Crippen MR) is 43.8 cm³/mol. The van der Waals surface area contributed by atoms with Crippen LogP contribution < -0.4 is 0 Å². The first-order valence-electron chi connectivity index (χ1n) is 3.10. The van der Waals surface area contributed by atoms with Crippen molar-refractivity contribution in [2.75, 3.05) is 0 Å². The molecule has 1 aliphatic rings. The highest BCUT2D eigenvalue weighted by Gasteiger charge is 2.25. The van der Waals surface area contributed by atoms with E-state index in [1.165, 1.54) is 0 Å². The molecule has 1 fully saturated rings. The van der Waals surface area contributed by atoms with Crippen LogP contribution in [0.25, 0.3) is 0 Å². The normalized spacial score (nSPS) is 16.6. The Kier molecular flexibility index (Phi) is 4.97. The van der Waals surface area contributed by atoms with Crippen molar-refractivity contribution >= 4 is 35.0 Å². The minimum absolute atomic E-state index is 0.196. The topological polar surface area (TPSA) is 101 Å². The van der Waals surface area contributed by atoms with E-state index in [4.69, 9.17) is 13.0 Å². The SMILES string of the molecule is O=C1CCC(=O)N1S.O=S(=O)(O)OF. The van der Waals surface area contributed by atoms with Crippen molar-refractivity contribution in [1.82, 2.24) is 4.31 Å². The van der Waals surface area contributed by atoms with E-state index in [2.05, 4.69) is 12.8 Å². The molecular weight excluding hydrogens is 241 g/mol. The molecule has 0 aromatic carbocycles. The quantitative estimate of drug-likeness (QED) is 0.374. The summed E-state index contributed by atoms with van der Waals surface area (Å²) in [7, 11) is -4.83. The van der Waals surface area contributed by atoms with Crippen LogP contribution in [0.3, 0.4) is 0 Å². The van der Waals surface area contributed by atoms with E-state index in [1.807, 2.05) is 4.39 Å². The maximum absolute atomic E-state index is 10.4. The number of rotatable bonds is 1. The van der Waals surface area contributed by atoms with Gasteiger partial charge in [-0.3, -0.25) is 14.1 Å². The van der Waals surface area contributed by atoms with E-state index < -0.39 is 10.4 Å². The molecule has 0 saturated carbocycles. The molecule has 0 aromatic rings. The summed E-state index contributed by atoms with van der Waals surface area (Å²) in [4.78, 5) is 20.8. The lowest BCUT2D eigenvalue weighted by Crippen LogP contribution is -2.17. The van der Waals surface area contributed by atoms with Crippen LogP contribution in [0.1, 0.15) is 12.8 Å². The summed E-state index contributed by atoms with van der Waals surface area (Å²) >= 11 is 3.62. The summed E-state index contributed by atoms with van der Waals surface area (Å²) in [5.74, 6) is -0.392. The van der Waals surface area contributed by atoms with E-state index in [0.29, 0.717) is 12.8 Å². The standard InChI is InChI=1S/C4H5NO2S.FHO4S/c6-3-1-2-4(7)5(3)8;1-5-6(2,3)4/h8H,1-2H2;(H,2,3,4). The molecule has 7 nitrogen and oxygen atoms in total. The Balaban J connectivity index is 0.000000255. The van der Waals surface area contributed by atoms with E-state index in [1.54, 1.807) is 0 Å². The fraction of sp³-hybridized carbons (Fsp3) is 0.500. The molecule has 0 aliphatic carbocycles. The Labute approximate surface area is 84.2 Å². The van der Waals surface area contributed by atoms with Crippen molar-refractivity contribution in [2.24, 2.45) is 0 Å². The number of carbonyl (C=O) groups excluding carboxylic acids is 2. The summed E-state index contributed by atoms with van der Waals surface area (Å²) in [6.07, 6.45) is 0.644. The van der Waals surface area contributed by atoms with Crippen LogP contribution in [0.4, 0.5) is 4.53 Å². The molecule has 0 unspecified atom stereocenters. The lowest BCUT2D eigenvalue weighted by molar-refractivity contribution is -0.131. The number of halogens is 1. The van der Waals surface area contributed by atoms with E-state index in [0.717, 1.165) is 4.31 Å². The largest absolute Gasteiger partial charge is 0.428 e. The first-order valence-corrected chi connectivity index (χ1v) is 4.86. The van der Waals surface area contributed by atoms with Crippen molar-refractivity contribution in [3.63, 3.8) is 0 Å². The molecule has 1 aliphatic heterocycles. The fourth-order valence-electron chi connectivity index (χ4n) is 0.565. The molecule has 0 bridgehead atoms. The van der Waals surface area contributed by atoms with E-state index >= 15 is 0 Å². The Morgan fingerprint density at radius 1 is 1.36 bits per heavy atom. The molecule has 1 saturated heterocycles. The second kappa shape index (κ2) is 5.24. The third kappa shape index (κ3) is 5.11. The van der Waals surface area contributed by atoms with Crippen LogP contribution in [0.2, 0.25) is 0 Å². The minimum atomic E-state index is -4.83. The number of thiol groups is 1. The van der Waals surface area contributed by atoms with Gasteiger partial charge < -0.3 is 0 Å². The Hall–Kier alpha value is -0.710. The summed E-state index contributed by atoms with van der Waals surface area (Å²) in [5.41, 5.74) is 0. The molecular formula is C4H6FNO6S2. The van der Waals surface area contributed by atoms with Crippen molar-refractivity contribution < 1.29 is 31.5 Å². The van der Waals surface area contributed by atoms with Gasteiger partial charge in [0, 0.05) is 12.8 Å². The van der Waals surface area contributed by atoms with Crippen molar-refractivity contribution in [3.05, 3.63) is 0 Å². The molecule has 0 spiro atoms. The van der Waals surface area contributed by atoms with Crippen LogP contribution in [-0.4, -0.2) is 29.1 Å². The number of imide groups is 1. The first kappa shape index (κ1) is 13.3. The van der Waals surface area contributed by atoms with Crippen molar-refractivity contribution in [1.29, 1.82) is 0 Å². The number of hydrogen-bond donors (Lipinski definition) is 2. The van der Waals surface area contributed by atoms with Gasteiger partial charge in [0.2, 0.25) is 11.8 Å². The second-order valence-electron chi connectivity index (χ2n) is 2.09. The Morgan fingerprint density at radius 3 is 1.71 bits per heavy atom. The lowest BCUT2D eigenvalue weighted by atomic mass is 10.4. The summed E-state index contributed by atoms with van der Waals surface area (Å²) in [6.45, 7) is 0. The number of carbonyl (C=O) groups is 2. The molecule has 0 atom stereocenters. The first-order chi connectivity index (χ1) is 6.28. The third-order valence-corrected chi connectivity index (χ3v) is 1.71. The molecule has 14 heavy (non-hydrogen) atoms. The van der Waals surface area contributed by atoms with Crippen molar-refractivity contribution in [3.8, 4) is 0 Å². The van der Waals surface area contributed by atoms with Crippen LogP contribution in [-0.2, 0) is 24.4 Å². The Bertz CT molecular complexity index is 311. The molecule has 1 N–H and O–H groups in total. The van der Waals surface area contributed by atoms with Gasteiger partial charge in [0.1, 0.15) is 0 Å². The third-order valence-electron chi connectivity index (χ3n) is 1.10. The molecule has 2 amide bonds. The molecule has 10 heteroatoms. The van der Waals surface area contributed by atoms with Crippen molar-refractivity contribution in [2.45, 2.75) is 12.8 Å². The highest BCUT2D eigenvalue weighted by atomic mass is 32.3. The summed E-state index contributed by atoms with van der Waals surface area (Å²) in [6, 6.07) is 0. The molecule has 0 radical (unpaired) electrons.